The molecule has 2 aromatic rings. The third kappa shape index (κ3) is 4.58. The lowest BCUT2D eigenvalue weighted by molar-refractivity contribution is 0.191. The van der Waals surface area contributed by atoms with Gasteiger partial charge in [0.05, 0.1) is 16.8 Å². The average Bonchev–Trinajstić information content (AvgIpc) is 2.84. The van der Waals surface area contributed by atoms with Crippen molar-refractivity contribution in [2.45, 2.75) is 19.4 Å². The van der Waals surface area contributed by atoms with Gasteiger partial charge in [-0.15, -0.1) is 11.3 Å². The van der Waals surface area contributed by atoms with Crippen molar-refractivity contribution in [1.82, 2.24) is 10.3 Å². The van der Waals surface area contributed by atoms with Crippen molar-refractivity contribution in [3.63, 3.8) is 0 Å². The Morgan fingerprint density at radius 1 is 1.37 bits per heavy atom. The number of nitrogens with zero attached hydrogens (tertiary/aromatic N) is 1. The number of benzene rings is 1. The second-order valence-electron chi connectivity index (χ2n) is 4.44. The van der Waals surface area contributed by atoms with Crippen LogP contribution in [0.5, 0.6) is 0 Å². The maximum Gasteiger partial charge on any atom is 0.0945 e. The molecule has 5 heteroatoms. The van der Waals surface area contributed by atoms with Gasteiger partial charge in [-0.3, -0.25) is 0 Å². The minimum atomic E-state index is -0.305. The molecule has 1 aromatic carbocycles. The Labute approximate surface area is 122 Å². The van der Waals surface area contributed by atoms with Crippen LogP contribution in [0.1, 0.15) is 11.9 Å². The molecule has 3 nitrogen and oxygen atoms in total. The predicted molar refractivity (Wildman–Crippen MR) is 80.8 cm³/mol. The van der Waals surface area contributed by atoms with Gasteiger partial charge in [-0.05, 0) is 19.1 Å². The molecule has 0 fully saturated rings. The molecule has 102 valence electrons. The van der Waals surface area contributed by atoms with Crippen LogP contribution in [0.3, 0.4) is 0 Å². The van der Waals surface area contributed by atoms with Crippen molar-refractivity contribution in [1.29, 1.82) is 0 Å². The van der Waals surface area contributed by atoms with Crippen LogP contribution in [0, 0.1) is 0 Å². The average molecular weight is 297 g/mol. The molecule has 1 atom stereocenters. The van der Waals surface area contributed by atoms with Gasteiger partial charge < -0.3 is 10.4 Å². The molecule has 2 rings (SSSR count). The Balaban J connectivity index is 1.90. The summed E-state index contributed by atoms with van der Waals surface area (Å²) in [5.41, 5.74) is 2.08. The lowest BCUT2D eigenvalue weighted by Crippen LogP contribution is -2.26. The minimum Gasteiger partial charge on any atom is -0.392 e. The molecular weight excluding hydrogens is 280 g/mol. The number of hydrogen-bond acceptors (Lipinski definition) is 4. The van der Waals surface area contributed by atoms with E-state index < -0.39 is 0 Å². The fraction of sp³-hybridized carbons (Fsp3) is 0.357. The Kier molecular flexibility index (Phi) is 5.34. The van der Waals surface area contributed by atoms with E-state index in [1.54, 1.807) is 18.3 Å². The second-order valence-corrected chi connectivity index (χ2v) is 5.82. The maximum absolute atomic E-state index is 9.14. The molecule has 0 aliphatic carbocycles. The molecule has 0 aliphatic rings. The van der Waals surface area contributed by atoms with Crippen LogP contribution in [0.15, 0.2) is 29.6 Å². The largest absolute Gasteiger partial charge is 0.392 e. The first-order valence-electron chi connectivity index (χ1n) is 6.24. The van der Waals surface area contributed by atoms with E-state index in [0.717, 1.165) is 34.3 Å². The zero-order valence-electron chi connectivity index (χ0n) is 10.8. The summed E-state index contributed by atoms with van der Waals surface area (Å²) in [7, 11) is 0. The Morgan fingerprint density at radius 3 is 2.79 bits per heavy atom. The predicted octanol–water partition coefficient (Wildman–Crippen LogP) is 2.98. The van der Waals surface area contributed by atoms with Crippen molar-refractivity contribution >= 4 is 22.9 Å². The van der Waals surface area contributed by atoms with Crippen LogP contribution in [0.25, 0.3) is 11.3 Å². The molecule has 1 heterocycles. The molecule has 1 unspecified atom stereocenters. The van der Waals surface area contributed by atoms with Crippen LogP contribution >= 0.6 is 22.9 Å². The highest BCUT2D eigenvalue weighted by Crippen LogP contribution is 2.23. The van der Waals surface area contributed by atoms with E-state index in [0.29, 0.717) is 6.54 Å². The van der Waals surface area contributed by atoms with Crippen LogP contribution in [-0.2, 0) is 6.42 Å². The van der Waals surface area contributed by atoms with Crippen molar-refractivity contribution in [3.8, 4) is 11.3 Å². The van der Waals surface area contributed by atoms with Crippen molar-refractivity contribution in [2.75, 3.05) is 13.1 Å². The number of halogens is 1. The molecule has 0 amide bonds. The van der Waals surface area contributed by atoms with E-state index in [2.05, 4.69) is 15.7 Å². The first kappa shape index (κ1) is 14.5. The fourth-order valence-electron chi connectivity index (χ4n) is 1.69. The summed E-state index contributed by atoms with van der Waals surface area (Å²) < 4.78 is 0. The van der Waals surface area contributed by atoms with Gasteiger partial charge in [-0.1, -0.05) is 23.7 Å². The van der Waals surface area contributed by atoms with E-state index in [1.807, 2.05) is 24.3 Å². The van der Waals surface area contributed by atoms with Gasteiger partial charge in [0.15, 0.2) is 0 Å². The number of nitrogens with one attached hydrogen (secondary N) is 1. The SMILES string of the molecule is CC(O)CNCCc1nc(-c2ccc(Cl)cc2)cs1. The summed E-state index contributed by atoms with van der Waals surface area (Å²) in [5, 5.41) is 16.2. The molecule has 2 N–H and O–H groups in total. The Hall–Kier alpha value is -0.940. The van der Waals surface area contributed by atoms with Gasteiger partial charge in [-0.2, -0.15) is 0 Å². The van der Waals surface area contributed by atoms with Gasteiger partial charge in [-0.25, -0.2) is 4.98 Å². The lowest BCUT2D eigenvalue weighted by atomic mass is 10.2. The topological polar surface area (TPSA) is 45.1 Å². The molecular formula is C14H17ClN2OS. The third-order valence-electron chi connectivity index (χ3n) is 2.65. The second kappa shape index (κ2) is 7.01. The zero-order chi connectivity index (χ0) is 13.7. The van der Waals surface area contributed by atoms with Crippen molar-refractivity contribution in [3.05, 3.63) is 39.7 Å². The van der Waals surface area contributed by atoms with Crippen LogP contribution < -0.4 is 5.32 Å². The zero-order valence-corrected chi connectivity index (χ0v) is 12.3. The van der Waals surface area contributed by atoms with Gasteiger partial charge in [0.1, 0.15) is 0 Å². The molecule has 0 bridgehead atoms. The van der Waals surface area contributed by atoms with Crippen molar-refractivity contribution < 1.29 is 5.11 Å². The number of thiazole rings is 1. The molecule has 0 radical (unpaired) electrons. The van der Waals surface area contributed by atoms with E-state index in [-0.39, 0.29) is 6.10 Å². The summed E-state index contributed by atoms with van der Waals surface area (Å²) in [6.45, 7) is 3.23. The minimum absolute atomic E-state index is 0.305. The van der Waals surface area contributed by atoms with Gasteiger partial charge in [0.2, 0.25) is 0 Å². The lowest BCUT2D eigenvalue weighted by Gasteiger charge is -2.04. The highest BCUT2D eigenvalue weighted by Gasteiger charge is 2.04. The molecule has 0 saturated carbocycles. The number of rotatable bonds is 6. The summed E-state index contributed by atoms with van der Waals surface area (Å²) >= 11 is 7.53. The summed E-state index contributed by atoms with van der Waals surface area (Å²) in [5.74, 6) is 0. The van der Waals surface area contributed by atoms with Crippen LogP contribution in [0.4, 0.5) is 0 Å². The van der Waals surface area contributed by atoms with Crippen LogP contribution in [0.2, 0.25) is 5.02 Å². The molecule has 0 aliphatic heterocycles. The standard InChI is InChI=1S/C14H17ClN2OS/c1-10(18)8-16-7-6-14-17-13(9-19-14)11-2-4-12(15)5-3-11/h2-5,9-10,16,18H,6-8H2,1H3. The molecule has 0 spiro atoms. The highest BCUT2D eigenvalue weighted by atomic mass is 35.5. The Morgan fingerprint density at radius 2 is 2.11 bits per heavy atom. The number of aliphatic hydroxyl groups excluding tert-OH is 1. The molecule has 19 heavy (non-hydrogen) atoms. The normalized spacial score (nSPS) is 12.6. The first-order chi connectivity index (χ1) is 9.15. The molecule has 1 aromatic heterocycles. The van der Waals surface area contributed by atoms with E-state index in [4.69, 9.17) is 16.7 Å². The highest BCUT2D eigenvalue weighted by molar-refractivity contribution is 7.09. The number of aromatic nitrogens is 1. The number of aliphatic hydroxyl groups is 1. The third-order valence-corrected chi connectivity index (χ3v) is 3.81. The quantitative estimate of drug-likeness (QED) is 0.806. The molecule has 0 saturated heterocycles. The Bertz CT molecular complexity index is 510. The van der Waals surface area contributed by atoms with Gasteiger partial charge >= 0.3 is 0 Å². The maximum atomic E-state index is 9.14. The summed E-state index contributed by atoms with van der Waals surface area (Å²) in [6.07, 6.45) is 0.575. The van der Waals surface area contributed by atoms with Crippen LogP contribution in [-0.4, -0.2) is 29.3 Å². The summed E-state index contributed by atoms with van der Waals surface area (Å²) in [4.78, 5) is 4.60. The fourth-order valence-corrected chi connectivity index (χ4v) is 2.62. The van der Waals surface area contributed by atoms with Gasteiger partial charge in [0.25, 0.3) is 0 Å². The van der Waals surface area contributed by atoms with E-state index in [1.165, 1.54) is 0 Å². The van der Waals surface area contributed by atoms with E-state index >= 15 is 0 Å². The monoisotopic (exact) mass is 296 g/mol. The summed E-state index contributed by atoms with van der Waals surface area (Å²) in [6, 6.07) is 7.71. The number of hydrogen-bond donors (Lipinski definition) is 2. The van der Waals surface area contributed by atoms with Crippen molar-refractivity contribution in [2.24, 2.45) is 0 Å². The van der Waals surface area contributed by atoms with E-state index in [9.17, 15) is 0 Å². The first-order valence-corrected chi connectivity index (χ1v) is 7.50. The van der Waals surface area contributed by atoms with Gasteiger partial charge in [0, 0.05) is 35.5 Å². The smallest absolute Gasteiger partial charge is 0.0945 e.